The molecule has 0 bridgehead atoms. The summed E-state index contributed by atoms with van der Waals surface area (Å²) in [7, 11) is -3.50. The van der Waals surface area contributed by atoms with Crippen LogP contribution in [-0.4, -0.2) is 69.0 Å². The van der Waals surface area contributed by atoms with E-state index in [-0.39, 0.29) is 10.8 Å². The van der Waals surface area contributed by atoms with Gasteiger partial charge in [0, 0.05) is 24.8 Å². The second kappa shape index (κ2) is 8.47. The number of hydrogen-bond acceptors (Lipinski definition) is 5. The van der Waals surface area contributed by atoms with Gasteiger partial charge >= 0.3 is 0 Å². The van der Waals surface area contributed by atoms with Gasteiger partial charge in [0.05, 0.1) is 24.7 Å². The van der Waals surface area contributed by atoms with Crippen molar-refractivity contribution in [1.29, 1.82) is 0 Å². The number of carbonyl (C=O) groups is 1. The van der Waals surface area contributed by atoms with E-state index >= 15 is 0 Å². The fourth-order valence-corrected chi connectivity index (χ4v) is 4.83. The van der Waals surface area contributed by atoms with Gasteiger partial charge in [-0.05, 0) is 50.6 Å². The lowest BCUT2D eigenvalue weighted by atomic mass is 10.0. The van der Waals surface area contributed by atoms with E-state index < -0.39 is 10.0 Å². The van der Waals surface area contributed by atoms with Crippen LogP contribution in [0.15, 0.2) is 29.2 Å². The van der Waals surface area contributed by atoms with E-state index in [4.69, 9.17) is 4.74 Å². The average molecular weight is 381 g/mol. The molecule has 2 heterocycles. The molecule has 1 aromatic carbocycles. The van der Waals surface area contributed by atoms with Gasteiger partial charge in [-0.1, -0.05) is 6.42 Å². The van der Waals surface area contributed by atoms with Crippen molar-refractivity contribution in [3.05, 3.63) is 24.3 Å². The van der Waals surface area contributed by atoms with E-state index in [2.05, 4.69) is 17.1 Å². The number of rotatable bonds is 5. The number of benzene rings is 1. The molecule has 26 heavy (non-hydrogen) atoms. The maximum Gasteiger partial charge on any atom is 0.243 e. The van der Waals surface area contributed by atoms with Gasteiger partial charge in [0.15, 0.2) is 0 Å². The van der Waals surface area contributed by atoms with Gasteiger partial charge in [0.1, 0.15) is 0 Å². The van der Waals surface area contributed by atoms with Gasteiger partial charge in [-0.3, -0.25) is 9.69 Å². The zero-order valence-corrected chi connectivity index (χ0v) is 16.0. The van der Waals surface area contributed by atoms with Crippen molar-refractivity contribution >= 4 is 21.6 Å². The van der Waals surface area contributed by atoms with Crippen LogP contribution >= 0.6 is 0 Å². The highest BCUT2D eigenvalue weighted by Crippen LogP contribution is 2.20. The molecule has 1 amide bonds. The van der Waals surface area contributed by atoms with Crippen LogP contribution < -0.4 is 5.32 Å². The number of anilines is 1. The van der Waals surface area contributed by atoms with Gasteiger partial charge in [-0.15, -0.1) is 0 Å². The molecule has 1 aromatic rings. The van der Waals surface area contributed by atoms with Gasteiger partial charge in [0.2, 0.25) is 15.9 Å². The number of morpholine rings is 1. The van der Waals surface area contributed by atoms with Crippen molar-refractivity contribution in [3.8, 4) is 0 Å². The number of amides is 1. The lowest BCUT2D eigenvalue weighted by Crippen LogP contribution is -2.42. The minimum absolute atomic E-state index is 0.0671. The summed E-state index contributed by atoms with van der Waals surface area (Å²) >= 11 is 0. The summed E-state index contributed by atoms with van der Waals surface area (Å²) in [5.41, 5.74) is 0.612. The highest BCUT2D eigenvalue weighted by atomic mass is 32.2. The van der Waals surface area contributed by atoms with Crippen molar-refractivity contribution < 1.29 is 17.9 Å². The number of piperidine rings is 1. The molecule has 2 saturated heterocycles. The fraction of sp³-hybridized carbons (Fsp3) is 0.611. The Morgan fingerprint density at radius 3 is 2.50 bits per heavy atom. The third-order valence-corrected chi connectivity index (χ3v) is 6.95. The number of nitrogens with one attached hydrogen (secondary N) is 1. The fourth-order valence-electron chi connectivity index (χ4n) is 3.42. The van der Waals surface area contributed by atoms with Crippen molar-refractivity contribution in [1.82, 2.24) is 9.21 Å². The minimum Gasteiger partial charge on any atom is -0.379 e. The first-order valence-corrected chi connectivity index (χ1v) is 10.6. The van der Waals surface area contributed by atoms with Crippen LogP contribution in [0.2, 0.25) is 0 Å². The van der Waals surface area contributed by atoms with E-state index in [1.54, 1.807) is 24.3 Å². The third-order valence-electron chi connectivity index (χ3n) is 5.03. The number of carbonyl (C=O) groups excluding carboxylic acids is 1. The van der Waals surface area contributed by atoms with Gasteiger partial charge in [0.25, 0.3) is 0 Å². The van der Waals surface area contributed by atoms with E-state index in [0.717, 1.165) is 19.4 Å². The summed E-state index contributed by atoms with van der Waals surface area (Å²) in [6, 6.07) is 6.80. The van der Waals surface area contributed by atoms with Crippen LogP contribution in [0, 0.1) is 0 Å². The zero-order chi connectivity index (χ0) is 18.6. The monoisotopic (exact) mass is 381 g/mol. The normalized spacial score (nSPS) is 22.9. The van der Waals surface area contributed by atoms with E-state index in [1.807, 2.05) is 0 Å². The standard InChI is InChI=1S/C18H27N3O4S/c1-15-4-2-3-9-20(15)14-18(22)19-16-5-7-17(8-6-16)26(23,24)21-10-12-25-13-11-21/h5-8,15H,2-4,9-14H2,1H3,(H,19,22)/t15-/m1/s1. The predicted octanol–water partition coefficient (Wildman–Crippen LogP) is 1.52. The highest BCUT2D eigenvalue weighted by molar-refractivity contribution is 7.89. The molecule has 2 fully saturated rings. The quantitative estimate of drug-likeness (QED) is 0.837. The zero-order valence-electron chi connectivity index (χ0n) is 15.2. The SMILES string of the molecule is C[C@@H]1CCCCN1CC(=O)Nc1ccc(S(=O)(=O)N2CCOCC2)cc1. The summed E-state index contributed by atoms with van der Waals surface area (Å²) < 4.78 is 31.8. The predicted molar refractivity (Wildman–Crippen MR) is 99.5 cm³/mol. The lowest BCUT2D eigenvalue weighted by molar-refractivity contribution is -0.118. The Morgan fingerprint density at radius 2 is 1.85 bits per heavy atom. The summed E-state index contributed by atoms with van der Waals surface area (Å²) in [6.07, 6.45) is 3.48. The number of likely N-dealkylation sites (tertiary alicyclic amines) is 1. The Bertz CT molecular complexity index is 714. The van der Waals surface area contributed by atoms with E-state index in [1.165, 1.54) is 10.7 Å². The maximum absolute atomic E-state index is 12.6. The molecule has 0 unspecified atom stereocenters. The van der Waals surface area contributed by atoms with E-state index in [9.17, 15) is 13.2 Å². The molecule has 1 N–H and O–H groups in total. The lowest BCUT2D eigenvalue weighted by Gasteiger charge is -2.32. The molecule has 0 radical (unpaired) electrons. The molecule has 2 aliphatic rings. The molecule has 0 aromatic heterocycles. The number of ether oxygens (including phenoxy) is 1. The van der Waals surface area contributed by atoms with Crippen LogP contribution in [0.4, 0.5) is 5.69 Å². The van der Waals surface area contributed by atoms with Crippen molar-refractivity contribution in [2.45, 2.75) is 37.1 Å². The molecule has 8 heteroatoms. The van der Waals surface area contributed by atoms with Crippen LogP contribution in [0.1, 0.15) is 26.2 Å². The van der Waals surface area contributed by atoms with Crippen molar-refractivity contribution in [3.63, 3.8) is 0 Å². The van der Waals surface area contributed by atoms with Crippen molar-refractivity contribution in [2.75, 3.05) is 44.7 Å². The Morgan fingerprint density at radius 1 is 1.15 bits per heavy atom. The molecule has 3 rings (SSSR count). The molecule has 1 atom stereocenters. The largest absolute Gasteiger partial charge is 0.379 e. The number of sulfonamides is 1. The molecule has 0 spiro atoms. The molecular formula is C18H27N3O4S. The Balaban J connectivity index is 1.59. The van der Waals surface area contributed by atoms with E-state index in [0.29, 0.717) is 44.6 Å². The Kier molecular flexibility index (Phi) is 6.29. The summed E-state index contributed by atoms with van der Waals surface area (Å²) in [4.78, 5) is 14.7. The van der Waals surface area contributed by atoms with Crippen LogP contribution in [0.25, 0.3) is 0 Å². The average Bonchev–Trinajstić information content (AvgIpc) is 2.65. The smallest absolute Gasteiger partial charge is 0.243 e. The maximum atomic E-state index is 12.6. The molecule has 7 nitrogen and oxygen atoms in total. The Hall–Kier alpha value is -1.48. The minimum atomic E-state index is -3.50. The molecule has 0 aliphatic carbocycles. The highest BCUT2D eigenvalue weighted by Gasteiger charge is 2.26. The number of nitrogens with zero attached hydrogens (tertiary/aromatic N) is 2. The summed E-state index contributed by atoms with van der Waals surface area (Å²) in [6.45, 7) is 5.05. The molecular weight excluding hydrogens is 354 g/mol. The van der Waals surface area contributed by atoms with Crippen molar-refractivity contribution in [2.24, 2.45) is 0 Å². The first-order valence-electron chi connectivity index (χ1n) is 9.19. The molecule has 2 aliphatic heterocycles. The van der Waals surface area contributed by atoms with Gasteiger partial charge in [-0.25, -0.2) is 8.42 Å². The third kappa shape index (κ3) is 4.62. The number of hydrogen-bond donors (Lipinski definition) is 1. The second-order valence-corrected chi connectivity index (χ2v) is 8.84. The van der Waals surface area contributed by atoms with Crippen LogP contribution in [-0.2, 0) is 19.6 Å². The van der Waals surface area contributed by atoms with Crippen LogP contribution in [0.3, 0.4) is 0 Å². The van der Waals surface area contributed by atoms with Gasteiger partial charge < -0.3 is 10.1 Å². The summed E-state index contributed by atoms with van der Waals surface area (Å²) in [5.74, 6) is -0.0671. The second-order valence-electron chi connectivity index (χ2n) is 6.90. The first kappa shape index (κ1) is 19.3. The Labute approximate surface area is 155 Å². The molecule has 0 saturated carbocycles. The first-order chi connectivity index (χ1) is 12.5. The topological polar surface area (TPSA) is 79.0 Å². The summed E-state index contributed by atoms with van der Waals surface area (Å²) in [5, 5.41) is 2.86. The van der Waals surface area contributed by atoms with Gasteiger partial charge in [-0.2, -0.15) is 4.31 Å². The molecule has 144 valence electrons. The van der Waals surface area contributed by atoms with Crippen LogP contribution in [0.5, 0.6) is 0 Å².